The van der Waals surface area contributed by atoms with Crippen molar-refractivity contribution in [3.05, 3.63) is 52.6 Å². The van der Waals surface area contributed by atoms with E-state index < -0.39 is 5.91 Å². The summed E-state index contributed by atoms with van der Waals surface area (Å²) < 4.78 is 6.18. The van der Waals surface area contributed by atoms with E-state index in [0.717, 1.165) is 5.39 Å². The van der Waals surface area contributed by atoms with Gasteiger partial charge >= 0.3 is 5.91 Å². The molecule has 0 aliphatic rings. The summed E-state index contributed by atoms with van der Waals surface area (Å²) in [4.78, 5) is 20.8. The van der Waals surface area contributed by atoms with Crippen LogP contribution in [0.15, 0.2) is 45.4 Å². The molecule has 2 aromatic heterocycles. The fourth-order valence-electron chi connectivity index (χ4n) is 2.42. The second kappa shape index (κ2) is 7.54. The standard InChI is InChI=1S/C18H16BrN5O2/c1-11(2)10-24(17-13(19)9-21-16(8-20)22-17)23-18(25)15-7-12-5-3-4-6-14(12)26-15/h3-7,9,11H,10H2,1-2H3,(H,23,25). The van der Waals surface area contributed by atoms with Crippen LogP contribution in [0.5, 0.6) is 0 Å². The number of carbonyl (C=O) groups is 1. The van der Waals surface area contributed by atoms with Crippen molar-refractivity contribution in [3.8, 4) is 6.07 Å². The fourth-order valence-corrected chi connectivity index (χ4v) is 2.83. The van der Waals surface area contributed by atoms with E-state index in [1.807, 2.05) is 38.1 Å². The Bertz CT molecular complexity index is 960. The van der Waals surface area contributed by atoms with Crippen LogP contribution in [0.4, 0.5) is 5.82 Å². The van der Waals surface area contributed by atoms with Gasteiger partial charge < -0.3 is 4.42 Å². The summed E-state index contributed by atoms with van der Waals surface area (Å²) in [6.45, 7) is 4.52. The number of amides is 1. The number of nitriles is 1. The number of nitrogens with zero attached hydrogens (tertiary/aromatic N) is 4. The van der Waals surface area contributed by atoms with E-state index in [4.69, 9.17) is 9.68 Å². The minimum Gasteiger partial charge on any atom is -0.451 e. The number of furan rings is 1. The van der Waals surface area contributed by atoms with Gasteiger partial charge in [0.05, 0.1) is 4.47 Å². The van der Waals surface area contributed by atoms with Gasteiger partial charge in [0.2, 0.25) is 5.82 Å². The van der Waals surface area contributed by atoms with Gasteiger partial charge in [0.25, 0.3) is 0 Å². The summed E-state index contributed by atoms with van der Waals surface area (Å²) in [5.41, 5.74) is 3.45. The van der Waals surface area contributed by atoms with Gasteiger partial charge in [0.15, 0.2) is 11.6 Å². The molecule has 0 bridgehead atoms. The number of anilines is 1. The Labute approximate surface area is 158 Å². The first-order chi connectivity index (χ1) is 12.5. The number of hydrazine groups is 1. The predicted octanol–water partition coefficient (Wildman–Crippen LogP) is 3.66. The second-order valence-electron chi connectivity index (χ2n) is 6.07. The van der Waals surface area contributed by atoms with Gasteiger partial charge in [-0.15, -0.1) is 0 Å². The zero-order valence-electron chi connectivity index (χ0n) is 14.2. The minimum atomic E-state index is -0.397. The third-order valence-electron chi connectivity index (χ3n) is 3.51. The summed E-state index contributed by atoms with van der Waals surface area (Å²) in [6.07, 6.45) is 1.49. The number of rotatable bonds is 5. The lowest BCUT2D eigenvalue weighted by Gasteiger charge is -2.26. The van der Waals surface area contributed by atoms with Gasteiger partial charge in [-0.05, 0) is 34.0 Å². The molecule has 0 atom stereocenters. The number of carbonyl (C=O) groups excluding carboxylic acids is 1. The van der Waals surface area contributed by atoms with Gasteiger partial charge in [-0.1, -0.05) is 32.0 Å². The topological polar surface area (TPSA) is 95.0 Å². The Morgan fingerprint density at radius 1 is 1.42 bits per heavy atom. The summed E-state index contributed by atoms with van der Waals surface area (Å²) in [7, 11) is 0. The molecule has 1 N–H and O–H groups in total. The molecule has 26 heavy (non-hydrogen) atoms. The molecule has 0 unspecified atom stereocenters. The summed E-state index contributed by atoms with van der Waals surface area (Å²) in [5, 5.41) is 11.5. The first kappa shape index (κ1) is 17.9. The molecule has 1 amide bonds. The van der Waals surface area contributed by atoms with Crippen LogP contribution >= 0.6 is 15.9 Å². The Morgan fingerprint density at radius 2 is 2.19 bits per heavy atom. The molecule has 3 aromatic rings. The number of para-hydroxylation sites is 1. The van der Waals surface area contributed by atoms with Crippen molar-refractivity contribution in [2.75, 3.05) is 11.6 Å². The van der Waals surface area contributed by atoms with Crippen molar-refractivity contribution in [2.24, 2.45) is 5.92 Å². The number of hydrogen-bond donors (Lipinski definition) is 1. The lowest BCUT2D eigenvalue weighted by Crippen LogP contribution is -2.45. The molecule has 0 aliphatic heterocycles. The van der Waals surface area contributed by atoms with Crippen LogP contribution in [0.25, 0.3) is 11.0 Å². The van der Waals surface area contributed by atoms with E-state index >= 15 is 0 Å². The van der Waals surface area contributed by atoms with E-state index in [1.165, 1.54) is 6.20 Å². The summed E-state index contributed by atoms with van der Waals surface area (Å²) in [6, 6.07) is 11.0. The van der Waals surface area contributed by atoms with Gasteiger partial charge in [-0.3, -0.25) is 15.2 Å². The number of benzene rings is 1. The summed E-state index contributed by atoms with van der Waals surface area (Å²) in [5.74, 6) is 0.472. The molecule has 0 radical (unpaired) electrons. The number of aromatic nitrogens is 2. The number of halogens is 1. The molecule has 1 aromatic carbocycles. The number of fused-ring (bicyclic) bond motifs is 1. The third kappa shape index (κ3) is 3.83. The zero-order chi connectivity index (χ0) is 18.7. The molecular weight excluding hydrogens is 398 g/mol. The van der Waals surface area contributed by atoms with Crippen LogP contribution in [0.2, 0.25) is 0 Å². The predicted molar refractivity (Wildman–Crippen MR) is 100 cm³/mol. The number of nitrogens with one attached hydrogen (secondary N) is 1. The van der Waals surface area contributed by atoms with Crippen molar-refractivity contribution in [3.63, 3.8) is 0 Å². The molecular formula is C18H16BrN5O2. The molecule has 8 heteroatoms. The molecule has 0 aliphatic carbocycles. The van der Waals surface area contributed by atoms with Gasteiger partial charge in [-0.25, -0.2) is 4.98 Å². The highest BCUT2D eigenvalue weighted by Gasteiger charge is 2.20. The van der Waals surface area contributed by atoms with Gasteiger partial charge in [-0.2, -0.15) is 10.2 Å². The van der Waals surface area contributed by atoms with Crippen LogP contribution in [0.1, 0.15) is 30.2 Å². The van der Waals surface area contributed by atoms with E-state index in [-0.39, 0.29) is 17.5 Å². The van der Waals surface area contributed by atoms with E-state index in [2.05, 4.69) is 31.3 Å². The minimum absolute atomic E-state index is 0.0231. The van der Waals surface area contributed by atoms with Crippen LogP contribution in [0.3, 0.4) is 0 Å². The maximum atomic E-state index is 12.7. The summed E-state index contributed by atoms with van der Waals surface area (Å²) >= 11 is 3.37. The maximum absolute atomic E-state index is 12.7. The average molecular weight is 414 g/mol. The lowest BCUT2D eigenvalue weighted by atomic mass is 10.2. The molecule has 3 rings (SSSR count). The van der Waals surface area contributed by atoms with E-state index in [9.17, 15) is 4.79 Å². The Kier molecular flexibility index (Phi) is 5.19. The Morgan fingerprint density at radius 3 is 2.88 bits per heavy atom. The monoisotopic (exact) mass is 413 g/mol. The van der Waals surface area contributed by atoms with Crippen LogP contribution in [0, 0.1) is 17.2 Å². The van der Waals surface area contributed by atoms with Crippen LogP contribution < -0.4 is 10.4 Å². The van der Waals surface area contributed by atoms with Crippen molar-refractivity contribution >= 4 is 38.6 Å². The molecule has 2 heterocycles. The highest BCUT2D eigenvalue weighted by molar-refractivity contribution is 9.10. The highest BCUT2D eigenvalue weighted by atomic mass is 79.9. The molecule has 0 saturated carbocycles. The number of hydrogen-bond acceptors (Lipinski definition) is 6. The lowest BCUT2D eigenvalue weighted by molar-refractivity contribution is 0.0921. The average Bonchev–Trinajstić information content (AvgIpc) is 3.05. The molecule has 0 saturated heterocycles. The molecule has 0 spiro atoms. The zero-order valence-corrected chi connectivity index (χ0v) is 15.8. The quantitative estimate of drug-likeness (QED) is 0.641. The van der Waals surface area contributed by atoms with Crippen molar-refractivity contribution < 1.29 is 9.21 Å². The molecule has 132 valence electrons. The largest absolute Gasteiger partial charge is 0.451 e. The Balaban J connectivity index is 1.91. The van der Waals surface area contributed by atoms with Crippen LogP contribution in [-0.4, -0.2) is 22.4 Å². The van der Waals surface area contributed by atoms with E-state index in [0.29, 0.717) is 22.4 Å². The van der Waals surface area contributed by atoms with Gasteiger partial charge in [0.1, 0.15) is 11.7 Å². The SMILES string of the molecule is CC(C)CN(NC(=O)c1cc2ccccc2o1)c1nc(C#N)ncc1Br. The highest BCUT2D eigenvalue weighted by Crippen LogP contribution is 2.24. The fraction of sp³-hybridized carbons (Fsp3) is 0.222. The van der Waals surface area contributed by atoms with E-state index in [1.54, 1.807) is 17.1 Å². The molecule has 0 fully saturated rings. The first-order valence-electron chi connectivity index (χ1n) is 7.97. The first-order valence-corrected chi connectivity index (χ1v) is 8.77. The van der Waals surface area contributed by atoms with Crippen LogP contribution in [-0.2, 0) is 0 Å². The second-order valence-corrected chi connectivity index (χ2v) is 6.93. The smallest absolute Gasteiger partial charge is 0.305 e. The van der Waals surface area contributed by atoms with Crippen molar-refractivity contribution in [1.82, 2.24) is 15.4 Å². The van der Waals surface area contributed by atoms with Crippen molar-refractivity contribution in [2.45, 2.75) is 13.8 Å². The van der Waals surface area contributed by atoms with Gasteiger partial charge in [0, 0.05) is 18.1 Å². The van der Waals surface area contributed by atoms with Crippen molar-refractivity contribution in [1.29, 1.82) is 5.26 Å². The normalized spacial score (nSPS) is 10.7. The third-order valence-corrected chi connectivity index (χ3v) is 4.07. The molecule has 7 nitrogen and oxygen atoms in total. The Hall–Kier alpha value is -2.92. The maximum Gasteiger partial charge on any atom is 0.305 e.